The third kappa shape index (κ3) is 5.82. The van der Waals surface area contributed by atoms with Crippen molar-refractivity contribution in [3.63, 3.8) is 0 Å². The van der Waals surface area contributed by atoms with Gasteiger partial charge in [-0.1, -0.05) is 43.7 Å². The number of rotatable bonds is 6. The molecule has 0 aromatic carbocycles. The van der Waals surface area contributed by atoms with Crippen LogP contribution in [-0.4, -0.2) is 30.3 Å². The SMILES string of the molecule is C=C(/C=C\C=C/CO)CNC1CCCCC1N. The normalized spacial score (nSPS) is 25.8. The third-order valence-electron chi connectivity index (χ3n) is 3.10. The summed E-state index contributed by atoms with van der Waals surface area (Å²) in [7, 11) is 0. The van der Waals surface area contributed by atoms with Crippen LogP contribution >= 0.6 is 0 Å². The molecule has 17 heavy (non-hydrogen) atoms. The summed E-state index contributed by atoms with van der Waals surface area (Å²) >= 11 is 0. The zero-order chi connectivity index (χ0) is 12.5. The zero-order valence-corrected chi connectivity index (χ0v) is 10.4. The summed E-state index contributed by atoms with van der Waals surface area (Å²) in [4.78, 5) is 0. The minimum atomic E-state index is 0.0754. The van der Waals surface area contributed by atoms with Gasteiger partial charge in [-0.3, -0.25) is 0 Å². The highest BCUT2D eigenvalue weighted by molar-refractivity contribution is 5.20. The van der Waals surface area contributed by atoms with Crippen LogP contribution in [0.3, 0.4) is 0 Å². The first-order chi connectivity index (χ1) is 8.24. The Hall–Kier alpha value is -0.900. The van der Waals surface area contributed by atoms with Crippen LogP contribution in [0, 0.1) is 0 Å². The van der Waals surface area contributed by atoms with Crippen molar-refractivity contribution < 1.29 is 5.11 Å². The summed E-state index contributed by atoms with van der Waals surface area (Å²) in [6, 6.07) is 0.719. The summed E-state index contributed by atoms with van der Waals surface area (Å²) < 4.78 is 0. The Balaban J connectivity index is 2.22. The molecule has 0 radical (unpaired) electrons. The average molecular weight is 236 g/mol. The van der Waals surface area contributed by atoms with Gasteiger partial charge in [0.1, 0.15) is 0 Å². The van der Waals surface area contributed by atoms with Crippen molar-refractivity contribution in [1.29, 1.82) is 0 Å². The van der Waals surface area contributed by atoms with Gasteiger partial charge in [0.2, 0.25) is 0 Å². The molecular weight excluding hydrogens is 212 g/mol. The molecule has 0 heterocycles. The second-order valence-electron chi connectivity index (χ2n) is 4.56. The van der Waals surface area contributed by atoms with Crippen molar-refractivity contribution in [3.8, 4) is 0 Å². The second kappa shape index (κ2) is 8.23. The Labute approximate surface area is 104 Å². The second-order valence-corrected chi connectivity index (χ2v) is 4.56. The number of allylic oxidation sites excluding steroid dienone is 2. The highest BCUT2D eigenvalue weighted by atomic mass is 16.2. The Morgan fingerprint density at radius 2 is 2.12 bits per heavy atom. The first-order valence-electron chi connectivity index (χ1n) is 6.35. The van der Waals surface area contributed by atoms with Gasteiger partial charge in [0.15, 0.2) is 0 Å². The molecule has 1 fully saturated rings. The molecule has 2 unspecified atom stereocenters. The Kier molecular flexibility index (Phi) is 6.86. The lowest BCUT2D eigenvalue weighted by Gasteiger charge is -2.29. The van der Waals surface area contributed by atoms with Gasteiger partial charge in [-0.05, 0) is 18.4 Å². The van der Waals surface area contributed by atoms with Gasteiger partial charge in [0.05, 0.1) is 6.61 Å². The van der Waals surface area contributed by atoms with Crippen molar-refractivity contribution in [1.82, 2.24) is 5.32 Å². The van der Waals surface area contributed by atoms with Crippen LogP contribution in [0.25, 0.3) is 0 Å². The molecule has 0 aromatic rings. The topological polar surface area (TPSA) is 58.3 Å². The van der Waals surface area contributed by atoms with Gasteiger partial charge in [-0.15, -0.1) is 0 Å². The molecule has 1 saturated carbocycles. The highest BCUT2D eigenvalue weighted by Crippen LogP contribution is 2.16. The Morgan fingerprint density at radius 1 is 1.35 bits per heavy atom. The number of hydrogen-bond donors (Lipinski definition) is 3. The predicted octanol–water partition coefficient (Wildman–Crippen LogP) is 1.51. The molecule has 0 saturated heterocycles. The van der Waals surface area contributed by atoms with Crippen molar-refractivity contribution in [2.75, 3.05) is 13.2 Å². The van der Waals surface area contributed by atoms with Gasteiger partial charge < -0.3 is 16.2 Å². The lowest BCUT2D eigenvalue weighted by molar-refractivity contribution is 0.335. The molecule has 3 heteroatoms. The molecular formula is C14H24N2O. The van der Waals surface area contributed by atoms with Crippen molar-refractivity contribution in [2.45, 2.75) is 37.8 Å². The Bertz CT molecular complexity index is 284. The number of nitrogens with one attached hydrogen (secondary N) is 1. The van der Waals surface area contributed by atoms with E-state index in [1.54, 1.807) is 6.08 Å². The fourth-order valence-electron chi connectivity index (χ4n) is 2.07. The summed E-state index contributed by atoms with van der Waals surface area (Å²) in [5.74, 6) is 0. The van der Waals surface area contributed by atoms with E-state index < -0.39 is 0 Å². The van der Waals surface area contributed by atoms with Crippen molar-refractivity contribution >= 4 is 0 Å². The quantitative estimate of drug-likeness (QED) is 0.613. The van der Waals surface area contributed by atoms with Gasteiger partial charge in [-0.25, -0.2) is 0 Å². The molecule has 0 amide bonds. The van der Waals surface area contributed by atoms with Gasteiger partial charge in [0, 0.05) is 18.6 Å². The van der Waals surface area contributed by atoms with E-state index in [-0.39, 0.29) is 12.6 Å². The fraction of sp³-hybridized carbons (Fsp3) is 0.571. The molecule has 0 spiro atoms. The highest BCUT2D eigenvalue weighted by Gasteiger charge is 2.20. The third-order valence-corrected chi connectivity index (χ3v) is 3.10. The van der Waals surface area contributed by atoms with E-state index in [0.29, 0.717) is 6.04 Å². The number of aliphatic hydroxyl groups excluding tert-OH is 1. The minimum absolute atomic E-state index is 0.0754. The molecule has 0 aliphatic heterocycles. The van der Waals surface area contributed by atoms with Crippen LogP contribution in [0.5, 0.6) is 0 Å². The first kappa shape index (κ1) is 14.2. The summed E-state index contributed by atoms with van der Waals surface area (Å²) in [6.45, 7) is 4.83. The average Bonchev–Trinajstić information content (AvgIpc) is 2.34. The van der Waals surface area contributed by atoms with E-state index in [4.69, 9.17) is 10.8 Å². The molecule has 1 aliphatic carbocycles. The fourth-order valence-corrected chi connectivity index (χ4v) is 2.07. The summed E-state index contributed by atoms with van der Waals surface area (Å²) in [5, 5.41) is 12.0. The predicted molar refractivity (Wildman–Crippen MR) is 72.7 cm³/mol. The maximum Gasteiger partial charge on any atom is 0.0615 e. The summed E-state index contributed by atoms with van der Waals surface area (Å²) in [6.07, 6.45) is 12.2. The van der Waals surface area contributed by atoms with Crippen LogP contribution in [-0.2, 0) is 0 Å². The van der Waals surface area contributed by atoms with Crippen molar-refractivity contribution in [3.05, 3.63) is 36.5 Å². The number of aliphatic hydroxyl groups is 1. The number of hydrogen-bond acceptors (Lipinski definition) is 3. The van der Waals surface area contributed by atoms with Gasteiger partial charge >= 0.3 is 0 Å². The molecule has 1 aliphatic rings. The maximum absolute atomic E-state index is 8.56. The maximum atomic E-state index is 8.56. The summed E-state index contributed by atoms with van der Waals surface area (Å²) in [5.41, 5.74) is 7.09. The monoisotopic (exact) mass is 236 g/mol. The molecule has 96 valence electrons. The largest absolute Gasteiger partial charge is 0.392 e. The zero-order valence-electron chi connectivity index (χ0n) is 10.4. The smallest absolute Gasteiger partial charge is 0.0615 e. The molecule has 4 N–H and O–H groups in total. The lowest BCUT2D eigenvalue weighted by atomic mass is 9.91. The Morgan fingerprint density at radius 3 is 2.82 bits per heavy atom. The minimum Gasteiger partial charge on any atom is -0.392 e. The number of nitrogens with two attached hydrogens (primary N) is 1. The van der Waals surface area contributed by atoms with E-state index >= 15 is 0 Å². The standard InChI is InChI=1S/C14H24N2O/c1-12(7-3-2-6-10-17)11-16-14-9-5-4-8-13(14)15/h2-3,6-7,13-14,16-17H,1,4-5,8-11,15H2/b6-2-,7-3-. The van der Waals surface area contributed by atoms with E-state index in [2.05, 4.69) is 11.9 Å². The van der Waals surface area contributed by atoms with E-state index in [1.165, 1.54) is 19.3 Å². The molecule has 2 atom stereocenters. The van der Waals surface area contributed by atoms with Crippen LogP contribution in [0.4, 0.5) is 0 Å². The van der Waals surface area contributed by atoms with E-state index in [1.807, 2.05) is 18.2 Å². The molecule has 3 nitrogen and oxygen atoms in total. The van der Waals surface area contributed by atoms with Gasteiger partial charge in [-0.2, -0.15) is 0 Å². The van der Waals surface area contributed by atoms with Gasteiger partial charge in [0.25, 0.3) is 0 Å². The molecule has 0 aromatic heterocycles. The van der Waals surface area contributed by atoms with Crippen LogP contribution in [0.2, 0.25) is 0 Å². The van der Waals surface area contributed by atoms with E-state index in [0.717, 1.165) is 18.5 Å². The molecule has 1 rings (SSSR count). The van der Waals surface area contributed by atoms with Crippen molar-refractivity contribution in [2.24, 2.45) is 5.73 Å². The van der Waals surface area contributed by atoms with Crippen LogP contribution in [0.15, 0.2) is 36.5 Å². The molecule has 0 bridgehead atoms. The van der Waals surface area contributed by atoms with E-state index in [9.17, 15) is 0 Å². The lowest BCUT2D eigenvalue weighted by Crippen LogP contribution is -2.47. The first-order valence-corrected chi connectivity index (χ1v) is 6.35. The van der Waals surface area contributed by atoms with Crippen LogP contribution < -0.4 is 11.1 Å². The van der Waals surface area contributed by atoms with Crippen LogP contribution in [0.1, 0.15) is 25.7 Å².